The molecule has 1 fully saturated rings. The van der Waals surface area contributed by atoms with Gasteiger partial charge in [-0.05, 0) is 13.8 Å². The number of nitrogens with zero attached hydrogens (tertiary/aromatic N) is 1. The van der Waals surface area contributed by atoms with Crippen LogP contribution in [0.1, 0.15) is 13.8 Å². The average Bonchev–Trinajstić information content (AvgIpc) is 2.65. The molecule has 1 amide bonds. The fourth-order valence-corrected chi connectivity index (χ4v) is 2.38. The Balaban J connectivity index is 2.50. The summed E-state index contributed by atoms with van der Waals surface area (Å²) in [7, 11) is 0. The molecule has 0 saturated carbocycles. The molecule has 1 N–H and O–H groups in total. The smallest absolute Gasteiger partial charge is 0.240 e. The van der Waals surface area contributed by atoms with Crippen LogP contribution in [-0.2, 0) is 4.79 Å². The van der Waals surface area contributed by atoms with Crippen molar-refractivity contribution in [3.63, 3.8) is 0 Å². The number of hydrogen-bond acceptors (Lipinski definition) is 3. The van der Waals surface area contributed by atoms with Crippen molar-refractivity contribution < 1.29 is 4.79 Å². The molecule has 0 aromatic heterocycles. The number of hydrogen-bond donors (Lipinski definition) is 1. The summed E-state index contributed by atoms with van der Waals surface area (Å²) in [6.45, 7) is 9.22. The van der Waals surface area contributed by atoms with Crippen molar-refractivity contribution >= 4 is 17.7 Å². The van der Waals surface area contributed by atoms with Gasteiger partial charge in [-0.25, -0.2) is 0 Å². The lowest BCUT2D eigenvalue weighted by Gasteiger charge is -2.24. The molecule has 80 valence electrons. The number of carbonyl (C=O) groups excluding carboxylic acids is 1. The Hall–Kier alpha value is -0.480. The third-order valence-corrected chi connectivity index (χ3v) is 3.11. The van der Waals surface area contributed by atoms with Crippen LogP contribution in [0.2, 0.25) is 0 Å². The fourth-order valence-electron chi connectivity index (χ4n) is 1.45. The molecule has 1 aliphatic rings. The van der Waals surface area contributed by atoms with Gasteiger partial charge in [0.1, 0.15) is 0 Å². The van der Waals surface area contributed by atoms with Crippen LogP contribution in [-0.4, -0.2) is 41.6 Å². The highest BCUT2D eigenvalue weighted by Gasteiger charge is 2.26. The number of likely N-dealkylation sites (N-methyl/N-ethyl adjacent to an activating group) is 1. The van der Waals surface area contributed by atoms with E-state index in [2.05, 4.69) is 11.9 Å². The van der Waals surface area contributed by atoms with Gasteiger partial charge in [0.05, 0.1) is 6.04 Å². The minimum Gasteiger partial charge on any atom is -0.338 e. The van der Waals surface area contributed by atoms with E-state index in [1.54, 1.807) is 11.8 Å². The van der Waals surface area contributed by atoms with E-state index in [4.69, 9.17) is 0 Å². The van der Waals surface area contributed by atoms with Gasteiger partial charge in [-0.15, -0.1) is 11.8 Å². The highest BCUT2D eigenvalue weighted by atomic mass is 32.2. The predicted molar refractivity (Wildman–Crippen MR) is 61.3 cm³/mol. The standard InChI is InChI=1S/C10H18N2OS/c1-4-12(5-8(2)3)10(13)9-6-14-7-11-9/h9,11H,2,4-7H2,1,3H3. The predicted octanol–water partition coefficient (Wildman–Crippen LogP) is 1.07. The first-order valence-corrected chi connectivity index (χ1v) is 6.05. The van der Waals surface area contributed by atoms with Crippen LogP contribution in [0.4, 0.5) is 0 Å². The molecule has 0 aromatic carbocycles. The maximum absolute atomic E-state index is 11.9. The zero-order valence-corrected chi connectivity index (χ0v) is 9.69. The van der Waals surface area contributed by atoms with Crippen molar-refractivity contribution in [3.8, 4) is 0 Å². The molecular formula is C10H18N2OS. The van der Waals surface area contributed by atoms with Crippen LogP contribution in [0.15, 0.2) is 12.2 Å². The van der Waals surface area contributed by atoms with E-state index in [0.29, 0.717) is 6.54 Å². The lowest BCUT2D eigenvalue weighted by Crippen LogP contribution is -2.45. The Morgan fingerprint density at radius 2 is 2.43 bits per heavy atom. The summed E-state index contributed by atoms with van der Waals surface area (Å²) in [4.78, 5) is 13.8. The van der Waals surface area contributed by atoms with E-state index in [-0.39, 0.29) is 11.9 Å². The van der Waals surface area contributed by atoms with Crippen LogP contribution < -0.4 is 5.32 Å². The molecule has 0 radical (unpaired) electrons. The number of nitrogens with one attached hydrogen (secondary N) is 1. The molecule has 14 heavy (non-hydrogen) atoms. The fraction of sp³-hybridized carbons (Fsp3) is 0.700. The second-order valence-electron chi connectivity index (χ2n) is 3.58. The summed E-state index contributed by atoms with van der Waals surface area (Å²) >= 11 is 1.78. The lowest BCUT2D eigenvalue weighted by molar-refractivity contribution is -0.132. The van der Waals surface area contributed by atoms with Crippen molar-refractivity contribution in [3.05, 3.63) is 12.2 Å². The minimum atomic E-state index is 0.0132. The lowest BCUT2D eigenvalue weighted by atomic mass is 10.2. The van der Waals surface area contributed by atoms with E-state index < -0.39 is 0 Å². The Kier molecular flexibility index (Phi) is 4.48. The summed E-state index contributed by atoms with van der Waals surface area (Å²) < 4.78 is 0. The van der Waals surface area contributed by atoms with Gasteiger partial charge in [-0.2, -0.15) is 0 Å². The van der Waals surface area contributed by atoms with Crippen LogP contribution in [0.25, 0.3) is 0 Å². The second-order valence-corrected chi connectivity index (χ2v) is 4.61. The van der Waals surface area contributed by atoms with Gasteiger partial charge in [-0.3, -0.25) is 10.1 Å². The molecule has 1 atom stereocenters. The molecule has 1 heterocycles. The zero-order valence-electron chi connectivity index (χ0n) is 8.88. The van der Waals surface area contributed by atoms with Crippen molar-refractivity contribution in [2.75, 3.05) is 24.7 Å². The first kappa shape index (κ1) is 11.6. The summed E-state index contributed by atoms with van der Waals surface area (Å²) in [6.07, 6.45) is 0. The summed E-state index contributed by atoms with van der Waals surface area (Å²) in [5, 5.41) is 3.19. The maximum Gasteiger partial charge on any atom is 0.240 e. The van der Waals surface area contributed by atoms with Gasteiger partial charge in [0.15, 0.2) is 0 Å². The van der Waals surface area contributed by atoms with E-state index in [1.807, 2.05) is 18.7 Å². The number of carbonyl (C=O) groups is 1. The number of amides is 1. The van der Waals surface area contributed by atoms with E-state index >= 15 is 0 Å². The minimum absolute atomic E-state index is 0.0132. The molecule has 1 unspecified atom stereocenters. The molecular weight excluding hydrogens is 196 g/mol. The van der Waals surface area contributed by atoms with Crippen LogP contribution >= 0.6 is 11.8 Å². The van der Waals surface area contributed by atoms with Crippen molar-refractivity contribution in [2.24, 2.45) is 0 Å². The van der Waals surface area contributed by atoms with Crippen molar-refractivity contribution in [1.29, 1.82) is 0 Å². The van der Waals surface area contributed by atoms with Gasteiger partial charge >= 0.3 is 0 Å². The van der Waals surface area contributed by atoms with Gasteiger partial charge in [0.2, 0.25) is 5.91 Å². The zero-order chi connectivity index (χ0) is 10.6. The Morgan fingerprint density at radius 3 is 2.86 bits per heavy atom. The van der Waals surface area contributed by atoms with Crippen LogP contribution in [0.3, 0.4) is 0 Å². The van der Waals surface area contributed by atoms with Gasteiger partial charge in [0, 0.05) is 24.7 Å². The van der Waals surface area contributed by atoms with E-state index in [0.717, 1.165) is 23.7 Å². The Labute approximate surface area is 89.9 Å². The molecule has 1 rings (SSSR count). The summed E-state index contributed by atoms with van der Waals surface area (Å²) in [6, 6.07) is 0.0132. The van der Waals surface area contributed by atoms with Crippen LogP contribution in [0.5, 0.6) is 0 Å². The summed E-state index contributed by atoms with van der Waals surface area (Å²) in [5.41, 5.74) is 1.03. The second kappa shape index (κ2) is 5.41. The Morgan fingerprint density at radius 1 is 1.71 bits per heavy atom. The Bertz CT molecular complexity index is 224. The average molecular weight is 214 g/mol. The monoisotopic (exact) mass is 214 g/mol. The van der Waals surface area contributed by atoms with E-state index in [9.17, 15) is 4.79 Å². The normalized spacial score (nSPS) is 20.9. The first-order chi connectivity index (χ1) is 6.65. The third kappa shape index (κ3) is 3.03. The van der Waals surface area contributed by atoms with Gasteiger partial charge in [-0.1, -0.05) is 12.2 Å². The number of rotatable bonds is 4. The molecule has 1 saturated heterocycles. The molecule has 4 heteroatoms. The molecule has 0 aliphatic carbocycles. The molecule has 0 bridgehead atoms. The molecule has 1 aliphatic heterocycles. The number of thioether (sulfide) groups is 1. The van der Waals surface area contributed by atoms with Gasteiger partial charge in [0.25, 0.3) is 0 Å². The quantitative estimate of drug-likeness (QED) is 0.711. The largest absolute Gasteiger partial charge is 0.338 e. The molecule has 0 spiro atoms. The van der Waals surface area contributed by atoms with Crippen LogP contribution in [0, 0.1) is 0 Å². The van der Waals surface area contributed by atoms with E-state index in [1.165, 1.54) is 0 Å². The first-order valence-electron chi connectivity index (χ1n) is 4.89. The van der Waals surface area contributed by atoms with Gasteiger partial charge < -0.3 is 4.90 Å². The SMILES string of the molecule is C=C(C)CN(CC)C(=O)C1CSCN1. The maximum atomic E-state index is 11.9. The topological polar surface area (TPSA) is 32.3 Å². The molecule has 3 nitrogen and oxygen atoms in total. The third-order valence-electron chi connectivity index (χ3n) is 2.17. The van der Waals surface area contributed by atoms with Crippen molar-refractivity contribution in [1.82, 2.24) is 10.2 Å². The van der Waals surface area contributed by atoms with Crippen molar-refractivity contribution in [2.45, 2.75) is 19.9 Å². The molecule has 0 aromatic rings. The highest BCUT2D eigenvalue weighted by molar-refractivity contribution is 7.99. The summed E-state index contributed by atoms with van der Waals surface area (Å²) in [5.74, 6) is 1.99. The highest BCUT2D eigenvalue weighted by Crippen LogP contribution is 2.12.